The lowest BCUT2D eigenvalue weighted by molar-refractivity contribution is -0.142. The molecule has 0 spiro atoms. The standard InChI is InChI=1S/C12H13N3O5S/c1-6-8-10(18)14-5-15-12(8)21-9(6)11(19)13-2-3-20-4-7(16)17/h5H,2-4H2,1H3,(H,13,19)(H,16,17)(H,14,15,18). The largest absolute Gasteiger partial charge is 0.480 e. The first kappa shape index (κ1) is 15.1. The predicted molar refractivity (Wildman–Crippen MR) is 75.8 cm³/mol. The van der Waals surface area contributed by atoms with E-state index in [-0.39, 0.29) is 24.6 Å². The minimum absolute atomic E-state index is 0.0980. The van der Waals surface area contributed by atoms with Crippen LogP contribution < -0.4 is 10.9 Å². The second kappa shape index (κ2) is 6.46. The number of aryl methyl sites for hydroxylation is 1. The van der Waals surface area contributed by atoms with Gasteiger partial charge in [0.2, 0.25) is 0 Å². The molecule has 0 aromatic carbocycles. The lowest BCUT2D eigenvalue weighted by Gasteiger charge is -2.04. The van der Waals surface area contributed by atoms with Gasteiger partial charge in [0.1, 0.15) is 11.4 Å². The number of carboxylic acids is 1. The number of nitrogens with zero attached hydrogens (tertiary/aromatic N) is 1. The van der Waals surface area contributed by atoms with Crippen molar-refractivity contribution in [3.63, 3.8) is 0 Å². The van der Waals surface area contributed by atoms with Crippen molar-refractivity contribution in [3.05, 3.63) is 27.1 Å². The van der Waals surface area contributed by atoms with Gasteiger partial charge in [0.05, 0.1) is 23.2 Å². The average molecular weight is 311 g/mol. The molecule has 8 nitrogen and oxygen atoms in total. The summed E-state index contributed by atoms with van der Waals surface area (Å²) in [6, 6.07) is 0. The molecule has 2 aromatic rings. The minimum Gasteiger partial charge on any atom is -0.480 e. The molecule has 0 bridgehead atoms. The highest BCUT2D eigenvalue weighted by Gasteiger charge is 2.17. The summed E-state index contributed by atoms with van der Waals surface area (Å²) >= 11 is 1.14. The molecule has 0 aliphatic heterocycles. The lowest BCUT2D eigenvalue weighted by Crippen LogP contribution is -2.27. The molecule has 2 rings (SSSR count). The molecule has 3 N–H and O–H groups in total. The molecule has 2 heterocycles. The molecule has 1 amide bonds. The zero-order valence-corrected chi connectivity index (χ0v) is 12.0. The maximum Gasteiger partial charge on any atom is 0.329 e. The number of carboxylic acid groups (broad SMARTS) is 1. The number of hydrogen-bond acceptors (Lipinski definition) is 6. The third kappa shape index (κ3) is 3.44. The first-order chi connectivity index (χ1) is 10.0. The van der Waals surface area contributed by atoms with Crippen molar-refractivity contribution in [2.75, 3.05) is 19.8 Å². The Kier molecular flexibility index (Phi) is 4.66. The molecule has 0 saturated heterocycles. The zero-order chi connectivity index (χ0) is 15.4. The van der Waals surface area contributed by atoms with Crippen LogP contribution in [0.4, 0.5) is 0 Å². The van der Waals surface area contributed by atoms with Crippen LogP contribution in [0.5, 0.6) is 0 Å². The molecular weight excluding hydrogens is 298 g/mol. The number of amides is 1. The molecule has 0 saturated carbocycles. The fourth-order valence-electron chi connectivity index (χ4n) is 1.77. The summed E-state index contributed by atoms with van der Waals surface area (Å²) in [5.74, 6) is -1.40. The van der Waals surface area contributed by atoms with Crippen LogP contribution in [0.25, 0.3) is 10.2 Å². The van der Waals surface area contributed by atoms with Gasteiger partial charge in [0.15, 0.2) is 0 Å². The fraction of sp³-hybridized carbons (Fsp3) is 0.333. The average Bonchev–Trinajstić information content (AvgIpc) is 2.76. The third-order valence-electron chi connectivity index (χ3n) is 2.70. The van der Waals surface area contributed by atoms with Crippen molar-refractivity contribution in [2.24, 2.45) is 0 Å². The van der Waals surface area contributed by atoms with E-state index >= 15 is 0 Å². The number of aromatic amines is 1. The van der Waals surface area contributed by atoms with E-state index in [0.29, 0.717) is 20.7 Å². The van der Waals surface area contributed by atoms with E-state index in [0.717, 1.165) is 11.3 Å². The molecule has 9 heteroatoms. The molecule has 21 heavy (non-hydrogen) atoms. The SMILES string of the molecule is Cc1c(C(=O)NCCOCC(=O)O)sc2nc[nH]c(=O)c12. The molecule has 0 radical (unpaired) electrons. The molecule has 0 aliphatic carbocycles. The van der Waals surface area contributed by atoms with Gasteiger partial charge in [0, 0.05) is 6.54 Å². The normalized spacial score (nSPS) is 10.7. The van der Waals surface area contributed by atoms with E-state index in [1.54, 1.807) is 6.92 Å². The van der Waals surface area contributed by atoms with Gasteiger partial charge in [-0.05, 0) is 12.5 Å². The van der Waals surface area contributed by atoms with Gasteiger partial charge in [-0.15, -0.1) is 11.3 Å². The van der Waals surface area contributed by atoms with Gasteiger partial charge < -0.3 is 20.1 Å². The van der Waals surface area contributed by atoms with E-state index in [1.807, 2.05) is 0 Å². The molecular formula is C12H13N3O5S. The van der Waals surface area contributed by atoms with Gasteiger partial charge in [-0.2, -0.15) is 0 Å². The third-order valence-corrected chi connectivity index (χ3v) is 3.90. The highest BCUT2D eigenvalue weighted by Crippen LogP contribution is 2.26. The Labute approximate surface area is 122 Å². The highest BCUT2D eigenvalue weighted by atomic mass is 32.1. The second-order valence-corrected chi connectivity index (χ2v) is 5.17. The van der Waals surface area contributed by atoms with E-state index in [2.05, 4.69) is 15.3 Å². The topological polar surface area (TPSA) is 121 Å². The number of aromatic nitrogens is 2. The van der Waals surface area contributed by atoms with E-state index in [1.165, 1.54) is 6.33 Å². The van der Waals surface area contributed by atoms with Crippen molar-refractivity contribution in [3.8, 4) is 0 Å². The number of fused-ring (bicyclic) bond motifs is 1. The predicted octanol–water partition coefficient (Wildman–Crippen LogP) is 0.124. The number of rotatable bonds is 6. The highest BCUT2D eigenvalue weighted by molar-refractivity contribution is 7.20. The summed E-state index contributed by atoms with van der Waals surface area (Å²) in [7, 11) is 0. The summed E-state index contributed by atoms with van der Waals surface area (Å²) in [6.07, 6.45) is 1.29. The zero-order valence-electron chi connectivity index (χ0n) is 11.1. The van der Waals surface area contributed by atoms with Crippen LogP contribution in [0.2, 0.25) is 0 Å². The van der Waals surface area contributed by atoms with E-state index in [4.69, 9.17) is 9.84 Å². The number of carbonyl (C=O) groups is 2. The summed E-state index contributed by atoms with van der Waals surface area (Å²) in [4.78, 5) is 41.4. The van der Waals surface area contributed by atoms with Gasteiger partial charge in [-0.25, -0.2) is 9.78 Å². The summed E-state index contributed by atoms with van der Waals surface area (Å²) in [5.41, 5.74) is 0.297. The van der Waals surface area contributed by atoms with Crippen LogP contribution in [-0.4, -0.2) is 46.7 Å². The second-order valence-electron chi connectivity index (χ2n) is 4.17. The summed E-state index contributed by atoms with van der Waals surface area (Å²) < 4.78 is 4.81. The summed E-state index contributed by atoms with van der Waals surface area (Å²) in [6.45, 7) is 1.56. The maximum absolute atomic E-state index is 12.0. The van der Waals surface area contributed by atoms with Gasteiger partial charge in [0.25, 0.3) is 11.5 Å². The minimum atomic E-state index is -1.06. The Morgan fingerprint density at radius 3 is 2.95 bits per heavy atom. The van der Waals surface area contributed by atoms with Crippen molar-refractivity contribution in [1.29, 1.82) is 0 Å². The number of carbonyl (C=O) groups excluding carboxylic acids is 1. The molecule has 0 atom stereocenters. The number of hydrogen-bond donors (Lipinski definition) is 3. The first-order valence-corrected chi connectivity index (χ1v) is 6.87. The van der Waals surface area contributed by atoms with Crippen LogP contribution in [0.3, 0.4) is 0 Å². The maximum atomic E-state index is 12.0. The summed E-state index contributed by atoms with van der Waals surface area (Å²) in [5, 5.41) is 11.4. The number of aliphatic carboxylic acids is 1. The molecule has 112 valence electrons. The Hall–Kier alpha value is -2.26. The number of ether oxygens (including phenoxy) is 1. The Bertz CT molecular complexity index is 736. The van der Waals surface area contributed by atoms with Crippen molar-refractivity contribution >= 4 is 33.4 Å². The Morgan fingerprint density at radius 1 is 1.52 bits per heavy atom. The lowest BCUT2D eigenvalue weighted by atomic mass is 10.2. The van der Waals surface area contributed by atoms with Gasteiger partial charge in [-0.3, -0.25) is 9.59 Å². The van der Waals surface area contributed by atoms with Crippen LogP contribution in [-0.2, 0) is 9.53 Å². The molecule has 0 aliphatic rings. The first-order valence-electron chi connectivity index (χ1n) is 6.05. The Morgan fingerprint density at radius 2 is 2.29 bits per heavy atom. The van der Waals surface area contributed by atoms with Crippen molar-refractivity contribution < 1.29 is 19.4 Å². The van der Waals surface area contributed by atoms with E-state index in [9.17, 15) is 14.4 Å². The number of H-pyrrole nitrogens is 1. The smallest absolute Gasteiger partial charge is 0.329 e. The fourth-order valence-corrected chi connectivity index (χ4v) is 2.84. The number of thiophene rings is 1. The molecule has 2 aromatic heterocycles. The molecule has 0 unspecified atom stereocenters. The van der Waals surface area contributed by atoms with Crippen LogP contribution in [0, 0.1) is 6.92 Å². The van der Waals surface area contributed by atoms with Crippen LogP contribution in [0.1, 0.15) is 15.2 Å². The molecule has 0 fully saturated rings. The quantitative estimate of drug-likeness (QED) is 0.652. The van der Waals surface area contributed by atoms with Gasteiger partial charge in [-0.1, -0.05) is 0 Å². The van der Waals surface area contributed by atoms with Crippen molar-refractivity contribution in [1.82, 2.24) is 15.3 Å². The number of nitrogens with one attached hydrogen (secondary N) is 2. The van der Waals surface area contributed by atoms with Gasteiger partial charge >= 0.3 is 5.97 Å². The van der Waals surface area contributed by atoms with Crippen LogP contribution in [0.15, 0.2) is 11.1 Å². The van der Waals surface area contributed by atoms with Crippen LogP contribution >= 0.6 is 11.3 Å². The monoisotopic (exact) mass is 311 g/mol. The van der Waals surface area contributed by atoms with Crippen molar-refractivity contribution in [2.45, 2.75) is 6.92 Å². The Balaban J connectivity index is 2.03. The van der Waals surface area contributed by atoms with E-state index < -0.39 is 12.6 Å².